The molecule has 0 spiro atoms. The van der Waals surface area contributed by atoms with Crippen molar-refractivity contribution in [2.24, 2.45) is 0 Å². The number of carbonyl (C=O) groups is 1. The predicted octanol–water partition coefficient (Wildman–Crippen LogP) is 3.06. The number of anilines is 2. The van der Waals surface area contributed by atoms with Gasteiger partial charge in [-0.1, -0.05) is 30.9 Å². The first-order valence-corrected chi connectivity index (χ1v) is 10.5. The third-order valence-electron chi connectivity index (χ3n) is 4.35. The fraction of sp³-hybridized carbons (Fsp3) is 0.136. The topological polar surface area (TPSA) is 141 Å². The maximum Gasteiger partial charge on any atom is 0.355 e. The largest absolute Gasteiger partial charge is 0.480 e. The summed E-state index contributed by atoms with van der Waals surface area (Å²) in [5.74, 6) is -2.30. The van der Waals surface area contributed by atoms with Crippen molar-refractivity contribution in [3.05, 3.63) is 93.8 Å². The van der Waals surface area contributed by atoms with Gasteiger partial charge in [0.25, 0.3) is 5.88 Å². The van der Waals surface area contributed by atoms with E-state index < -0.39 is 29.7 Å². The third-order valence-corrected chi connectivity index (χ3v) is 4.53. The van der Waals surface area contributed by atoms with E-state index in [9.17, 15) is 18.8 Å². The van der Waals surface area contributed by atoms with E-state index in [4.69, 9.17) is 21.4 Å². The summed E-state index contributed by atoms with van der Waals surface area (Å²) in [4.78, 5) is 40.4. The van der Waals surface area contributed by atoms with Crippen molar-refractivity contribution in [2.45, 2.75) is 13.1 Å². The molecule has 182 valence electrons. The fourth-order valence-corrected chi connectivity index (χ4v) is 2.98. The van der Waals surface area contributed by atoms with E-state index in [0.29, 0.717) is 10.1 Å². The van der Waals surface area contributed by atoms with Gasteiger partial charge in [0.05, 0.1) is 6.54 Å². The Morgan fingerprint density at radius 2 is 2.09 bits per heavy atom. The van der Waals surface area contributed by atoms with Crippen LogP contribution in [0.4, 0.5) is 16.0 Å². The monoisotopic (exact) mass is 503 g/mol. The lowest BCUT2D eigenvalue weighted by Gasteiger charge is -2.16. The van der Waals surface area contributed by atoms with Gasteiger partial charge in [0.1, 0.15) is 12.8 Å². The summed E-state index contributed by atoms with van der Waals surface area (Å²) in [5.41, 5.74) is -1.34. The molecule has 0 unspecified atom stereocenters. The average Bonchev–Trinajstić information content (AvgIpc) is 3.32. The number of aromatic nitrogens is 4. The van der Waals surface area contributed by atoms with E-state index in [-0.39, 0.29) is 35.7 Å². The third kappa shape index (κ3) is 6.54. The Kier molecular flexibility index (Phi) is 8.35. The lowest BCUT2D eigenvalue weighted by Crippen LogP contribution is -2.44. The molecule has 0 radical (unpaired) electrons. The van der Waals surface area contributed by atoms with Crippen LogP contribution in [0.15, 0.2) is 81.1 Å². The normalized spacial score (nSPS) is 11.5. The fourth-order valence-electron chi connectivity index (χ4n) is 2.89. The Balaban J connectivity index is 2.02. The average molecular weight is 504 g/mol. The predicted molar refractivity (Wildman–Crippen MR) is 125 cm³/mol. The van der Waals surface area contributed by atoms with Crippen LogP contribution in [0.25, 0.3) is 0 Å². The number of hydrogen-bond donors (Lipinski definition) is 2. The second-order valence-corrected chi connectivity index (χ2v) is 7.12. The molecule has 0 atom stereocenters. The van der Waals surface area contributed by atoms with Gasteiger partial charge < -0.3 is 19.7 Å². The first-order chi connectivity index (χ1) is 16.8. The summed E-state index contributed by atoms with van der Waals surface area (Å²) in [6.45, 7) is 2.61. The Morgan fingerprint density at radius 1 is 1.29 bits per heavy atom. The second-order valence-electron chi connectivity index (χ2n) is 6.81. The smallest absolute Gasteiger partial charge is 0.355 e. The van der Waals surface area contributed by atoms with Gasteiger partial charge in [-0.2, -0.15) is 4.98 Å². The minimum Gasteiger partial charge on any atom is -0.480 e. The Hall–Kier alpha value is -4.45. The van der Waals surface area contributed by atoms with Gasteiger partial charge in [0, 0.05) is 23.7 Å². The minimum absolute atomic E-state index is 0.0497. The van der Waals surface area contributed by atoms with Crippen molar-refractivity contribution < 1.29 is 23.6 Å². The van der Waals surface area contributed by atoms with Crippen LogP contribution in [-0.2, 0) is 17.9 Å². The standard InChI is InChI=1S/C22H19ClFN5O6/c1-2-4-14(5-3-9-23)12-28-20(26-21(32)29(22(28)33)13-19(30)31)25-15-6-7-17(16(24)11-15)35-18-8-10-34-27-18/h2-8,10-11H,1,9,12-13H2,(H,30,31)(H,25,26,32)/b5-3-,14-4+. The number of halogens is 2. The molecule has 2 heterocycles. The van der Waals surface area contributed by atoms with Gasteiger partial charge in [-0.05, 0) is 22.9 Å². The highest BCUT2D eigenvalue weighted by molar-refractivity contribution is 6.18. The highest BCUT2D eigenvalue weighted by Crippen LogP contribution is 2.26. The maximum atomic E-state index is 14.6. The van der Waals surface area contributed by atoms with E-state index in [1.54, 1.807) is 18.2 Å². The Morgan fingerprint density at radius 3 is 2.71 bits per heavy atom. The molecule has 0 fully saturated rings. The number of carboxylic acids is 1. The van der Waals surface area contributed by atoms with E-state index >= 15 is 0 Å². The molecule has 1 aromatic carbocycles. The summed E-state index contributed by atoms with van der Waals surface area (Å²) in [5, 5.41) is 15.3. The molecule has 0 saturated heterocycles. The zero-order valence-electron chi connectivity index (χ0n) is 18.1. The van der Waals surface area contributed by atoms with Crippen molar-refractivity contribution in [3.63, 3.8) is 0 Å². The van der Waals surface area contributed by atoms with Crippen LogP contribution in [0.3, 0.4) is 0 Å². The first kappa shape index (κ1) is 25.2. The van der Waals surface area contributed by atoms with Crippen molar-refractivity contribution >= 4 is 29.2 Å². The summed E-state index contributed by atoms with van der Waals surface area (Å²) in [7, 11) is 0. The number of hydrogen-bond acceptors (Lipinski definition) is 8. The molecule has 0 saturated carbocycles. The van der Waals surface area contributed by atoms with Gasteiger partial charge in [-0.15, -0.1) is 11.6 Å². The van der Waals surface area contributed by atoms with Crippen LogP contribution < -0.4 is 21.4 Å². The van der Waals surface area contributed by atoms with Gasteiger partial charge in [-0.25, -0.2) is 18.5 Å². The van der Waals surface area contributed by atoms with E-state index in [0.717, 1.165) is 10.6 Å². The zero-order chi connectivity index (χ0) is 25.4. The quantitative estimate of drug-likeness (QED) is 0.298. The highest BCUT2D eigenvalue weighted by atomic mass is 35.5. The molecular formula is C22H19ClFN5O6. The summed E-state index contributed by atoms with van der Waals surface area (Å²) in [6, 6.07) is 5.17. The van der Waals surface area contributed by atoms with Gasteiger partial charge >= 0.3 is 17.3 Å². The molecule has 0 bridgehead atoms. The highest BCUT2D eigenvalue weighted by Gasteiger charge is 2.17. The molecule has 3 rings (SSSR count). The molecular weight excluding hydrogens is 485 g/mol. The van der Waals surface area contributed by atoms with Crippen molar-refractivity contribution in [1.82, 2.24) is 19.3 Å². The van der Waals surface area contributed by atoms with Crippen molar-refractivity contribution in [2.75, 3.05) is 11.2 Å². The van der Waals surface area contributed by atoms with Crippen molar-refractivity contribution in [3.8, 4) is 11.6 Å². The number of nitrogens with one attached hydrogen (secondary N) is 1. The number of nitrogens with zero attached hydrogens (tertiary/aromatic N) is 4. The summed E-state index contributed by atoms with van der Waals surface area (Å²) >= 11 is 5.70. The molecule has 35 heavy (non-hydrogen) atoms. The number of ether oxygens (including phenoxy) is 1. The van der Waals surface area contributed by atoms with Crippen LogP contribution in [0.5, 0.6) is 11.6 Å². The van der Waals surface area contributed by atoms with Crippen molar-refractivity contribution in [1.29, 1.82) is 0 Å². The van der Waals surface area contributed by atoms with Crippen LogP contribution in [0.2, 0.25) is 0 Å². The number of benzene rings is 1. The Labute approximate surface area is 202 Å². The number of carboxylic acid groups (broad SMARTS) is 1. The first-order valence-electron chi connectivity index (χ1n) is 9.94. The van der Waals surface area contributed by atoms with Crippen LogP contribution in [-0.4, -0.2) is 36.2 Å². The molecule has 3 aromatic rings. The summed E-state index contributed by atoms with van der Waals surface area (Å²) in [6.07, 6.45) is 7.60. The lowest BCUT2D eigenvalue weighted by molar-refractivity contribution is -0.137. The summed E-state index contributed by atoms with van der Waals surface area (Å²) < 4.78 is 26.0. The van der Waals surface area contributed by atoms with Crippen LogP contribution in [0, 0.1) is 5.82 Å². The molecule has 0 aliphatic rings. The van der Waals surface area contributed by atoms with E-state index in [1.807, 2.05) is 0 Å². The SMILES string of the molecule is C=C/C=C(\C=C/CCl)Cn1c(Nc2ccc(Oc3ccon3)c(F)c2)nc(=O)n(CC(=O)O)c1=O. The number of allylic oxidation sites excluding steroid dienone is 5. The van der Waals surface area contributed by atoms with Gasteiger partial charge in [0.2, 0.25) is 5.95 Å². The number of aliphatic carboxylic acids is 1. The molecule has 0 amide bonds. The molecule has 2 N–H and O–H groups in total. The molecule has 0 aliphatic heterocycles. The van der Waals surface area contributed by atoms with Crippen LogP contribution >= 0.6 is 11.6 Å². The van der Waals surface area contributed by atoms with Crippen LogP contribution in [0.1, 0.15) is 0 Å². The number of alkyl halides is 1. The maximum absolute atomic E-state index is 14.6. The van der Waals surface area contributed by atoms with E-state index in [1.165, 1.54) is 30.5 Å². The Bertz CT molecular complexity index is 1390. The minimum atomic E-state index is -1.40. The number of rotatable bonds is 11. The molecule has 0 aliphatic carbocycles. The molecule has 11 nitrogen and oxygen atoms in total. The van der Waals surface area contributed by atoms with E-state index in [2.05, 4.69) is 26.6 Å². The lowest BCUT2D eigenvalue weighted by atomic mass is 10.2. The van der Waals surface area contributed by atoms with Gasteiger partial charge in [0.15, 0.2) is 11.6 Å². The van der Waals surface area contributed by atoms with Gasteiger partial charge in [-0.3, -0.25) is 9.36 Å². The zero-order valence-corrected chi connectivity index (χ0v) is 18.8. The molecule has 2 aromatic heterocycles. The molecule has 13 heteroatoms. The second kappa shape index (κ2) is 11.6.